The molecule has 10 atom stereocenters. The minimum atomic E-state index is -2.11. The van der Waals surface area contributed by atoms with Crippen LogP contribution in [0.5, 0.6) is 28.7 Å². The predicted molar refractivity (Wildman–Crippen MR) is 321 cm³/mol. The molecule has 22 heteroatoms. The third kappa shape index (κ3) is 10.8. The highest BCUT2D eigenvalue weighted by Crippen LogP contribution is 2.56. The number of ketones is 1. The Kier molecular flexibility index (Phi) is 16.8. The largest absolute Gasteiger partial charge is 0.508 e. The number of aromatic nitrogens is 1. The SMILES string of the molecule is C=C(O)c1cn(C2CC2)c2c(OC)c(N3CCC(C4(N5CCN(/N=C/c6c7c(O)c8c(O)c(C)c9c(c8c6O)C(=O)[C@@](C)(O/C=C/[C@H](OC)[C@@H](C)[C@@H](OC(C)=O)[C@H](C)[C@H](O)[C@H](C)[C@@H](O)[C@@H](C)/C=C/C=C(/C)C(=O)N7)O9)CC5)CC4)C3)c(F)cc2c1=O. The summed E-state index contributed by atoms with van der Waals surface area (Å²) in [4.78, 5) is 59.5. The molecule has 11 rings (SSSR count). The smallest absolute Gasteiger partial charge is 0.312 e. The van der Waals surface area contributed by atoms with E-state index >= 15 is 4.39 Å². The fourth-order valence-electron chi connectivity index (χ4n) is 13.6. The number of nitrogens with zero attached hydrogens (tertiary/aromatic N) is 5. The Morgan fingerprint density at radius 3 is 2.24 bits per heavy atom. The number of hydrogen-bond donors (Lipinski definition) is 7. The van der Waals surface area contributed by atoms with Gasteiger partial charge in [-0.3, -0.25) is 29.1 Å². The van der Waals surface area contributed by atoms with Crippen LogP contribution in [0.2, 0.25) is 0 Å². The molecular formula is C64H79FN6O15. The second-order valence-corrected chi connectivity index (χ2v) is 24.4. The maximum absolute atomic E-state index is 16.5. The van der Waals surface area contributed by atoms with Crippen molar-refractivity contribution in [3.8, 4) is 28.7 Å². The number of fused-ring (bicyclic) bond motifs is 15. The number of halogens is 1. The highest BCUT2D eigenvalue weighted by molar-refractivity contribution is 6.24. The van der Waals surface area contributed by atoms with Crippen molar-refractivity contribution in [1.29, 1.82) is 0 Å². The first-order chi connectivity index (χ1) is 40.8. The molecule has 7 aliphatic rings. The molecule has 5 bridgehead atoms. The average Bonchev–Trinajstić information content (AvgIpc) is 1.49. The molecule has 21 nitrogen and oxygen atoms in total. The van der Waals surface area contributed by atoms with Crippen LogP contribution in [-0.4, -0.2) is 158 Å². The second-order valence-electron chi connectivity index (χ2n) is 24.4. The minimum absolute atomic E-state index is 0.0191. The molecule has 2 saturated carbocycles. The molecular weight excluding hydrogens is 1110 g/mol. The number of phenolic OH excluding ortho intramolecular Hbond substituents is 3. The summed E-state index contributed by atoms with van der Waals surface area (Å²) < 4.78 is 48.3. The summed E-state index contributed by atoms with van der Waals surface area (Å²) in [7, 11) is 2.91. The van der Waals surface area contributed by atoms with E-state index in [0.29, 0.717) is 50.5 Å². The number of nitrogens with one attached hydrogen (secondary N) is 1. The van der Waals surface area contributed by atoms with Crippen LogP contribution in [0.15, 0.2) is 64.9 Å². The lowest BCUT2D eigenvalue weighted by Gasteiger charge is -2.41. The molecule has 2 saturated heterocycles. The van der Waals surface area contributed by atoms with E-state index < -0.39 is 100 Å². The number of aliphatic hydroxyl groups excluding tert-OH is 3. The average molecular weight is 1190 g/mol. The van der Waals surface area contributed by atoms with Crippen molar-refractivity contribution in [1.82, 2.24) is 14.5 Å². The van der Waals surface area contributed by atoms with Gasteiger partial charge in [0.15, 0.2) is 17.3 Å². The van der Waals surface area contributed by atoms with Crippen LogP contribution < -0.4 is 25.1 Å². The van der Waals surface area contributed by atoms with E-state index in [0.717, 1.165) is 32.1 Å². The summed E-state index contributed by atoms with van der Waals surface area (Å²) >= 11 is 0. The minimum Gasteiger partial charge on any atom is -0.508 e. The first-order valence-electron chi connectivity index (χ1n) is 29.5. The second kappa shape index (κ2) is 23.6. The molecule has 0 radical (unpaired) electrons. The molecule has 3 aromatic carbocycles. The summed E-state index contributed by atoms with van der Waals surface area (Å²) in [5, 5.41) is 79.0. The Hall–Kier alpha value is -7.66. The van der Waals surface area contributed by atoms with Gasteiger partial charge in [-0.2, -0.15) is 5.10 Å². The zero-order valence-electron chi connectivity index (χ0n) is 50.3. The first kappa shape index (κ1) is 61.4. The number of carbonyl (C=O) groups excluding carboxylic acids is 3. The molecule has 4 aromatic rings. The van der Waals surface area contributed by atoms with Gasteiger partial charge in [-0.1, -0.05) is 52.5 Å². The lowest BCUT2D eigenvalue weighted by molar-refractivity contribution is -0.160. The molecule has 5 aliphatic heterocycles. The molecule has 1 unspecified atom stereocenters. The van der Waals surface area contributed by atoms with Crippen molar-refractivity contribution >= 4 is 62.7 Å². The summed E-state index contributed by atoms with van der Waals surface area (Å²) in [6.07, 6.45) is 10.6. The van der Waals surface area contributed by atoms with Crippen molar-refractivity contribution in [3.63, 3.8) is 0 Å². The Labute approximate surface area is 498 Å². The van der Waals surface area contributed by atoms with Gasteiger partial charge in [0.25, 0.3) is 11.7 Å². The molecule has 6 heterocycles. The highest BCUT2D eigenvalue weighted by Gasteiger charge is 2.56. The quantitative estimate of drug-likeness (QED) is 0.0260. The lowest BCUT2D eigenvalue weighted by atomic mass is 9.78. The zero-order chi connectivity index (χ0) is 62.2. The number of Topliss-reactive ketones (excluding diaryl/α,β-unsaturated/α-hetero) is 1. The first-order valence-corrected chi connectivity index (χ1v) is 29.5. The fraction of sp³-hybridized carbons (Fsp3) is 0.516. The van der Waals surface area contributed by atoms with Gasteiger partial charge >= 0.3 is 11.8 Å². The van der Waals surface area contributed by atoms with E-state index in [-0.39, 0.29) is 84.4 Å². The topological polar surface area (TPSA) is 275 Å². The summed E-state index contributed by atoms with van der Waals surface area (Å²) in [5.41, 5.74) is -0.457. The Morgan fingerprint density at radius 1 is 0.919 bits per heavy atom. The van der Waals surface area contributed by atoms with Gasteiger partial charge in [-0.05, 0) is 64.0 Å². The fourth-order valence-corrected chi connectivity index (χ4v) is 13.6. The van der Waals surface area contributed by atoms with Gasteiger partial charge in [0, 0.05) is 118 Å². The number of allylic oxidation sites excluding steroid dienone is 2. The van der Waals surface area contributed by atoms with Crippen molar-refractivity contribution in [3.05, 3.63) is 93.3 Å². The lowest BCUT2D eigenvalue weighted by Crippen LogP contribution is -2.53. The van der Waals surface area contributed by atoms with Crippen LogP contribution in [0.25, 0.3) is 27.4 Å². The number of pyridine rings is 1. The number of amides is 1. The van der Waals surface area contributed by atoms with Crippen LogP contribution in [-0.2, 0) is 23.8 Å². The number of ether oxygens (including phenoxy) is 5. The highest BCUT2D eigenvalue weighted by atomic mass is 19.1. The summed E-state index contributed by atoms with van der Waals surface area (Å²) in [6, 6.07) is 1.32. The predicted octanol–water partition coefficient (Wildman–Crippen LogP) is 8.09. The molecule has 86 heavy (non-hydrogen) atoms. The molecule has 1 amide bonds. The number of methoxy groups -OCH3 is 2. The number of anilines is 2. The van der Waals surface area contributed by atoms with Crippen molar-refractivity contribution in [2.45, 2.75) is 129 Å². The van der Waals surface area contributed by atoms with Crippen LogP contribution >= 0.6 is 0 Å². The number of phenols is 3. The Balaban J connectivity index is 0.951. The number of hydrogen-bond acceptors (Lipinski definition) is 19. The summed E-state index contributed by atoms with van der Waals surface area (Å²) in [5.74, 6) is -9.39. The van der Waals surface area contributed by atoms with Gasteiger partial charge in [0.1, 0.15) is 34.8 Å². The molecule has 2 aliphatic carbocycles. The number of aromatic hydroxyl groups is 3. The summed E-state index contributed by atoms with van der Waals surface area (Å²) in [6.45, 7) is 19.2. The normalized spacial score (nSPS) is 29.6. The number of hydrazone groups is 1. The van der Waals surface area contributed by atoms with E-state index in [2.05, 4.69) is 16.8 Å². The van der Waals surface area contributed by atoms with E-state index in [4.69, 9.17) is 28.8 Å². The van der Waals surface area contributed by atoms with Crippen LogP contribution in [0.1, 0.15) is 114 Å². The van der Waals surface area contributed by atoms with E-state index in [1.807, 2.05) is 9.47 Å². The number of rotatable bonds is 10. The van der Waals surface area contributed by atoms with Gasteiger partial charge < -0.3 is 69.1 Å². The van der Waals surface area contributed by atoms with Crippen LogP contribution in [0.4, 0.5) is 15.8 Å². The van der Waals surface area contributed by atoms with E-state index in [9.17, 15) is 49.8 Å². The molecule has 4 fully saturated rings. The van der Waals surface area contributed by atoms with Crippen molar-refractivity contribution in [2.75, 3.05) is 63.7 Å². The van der Waals surface area contributed by atoms with Gasteiger partial charge in [-0.25, -0.2) is 4.39 Å². The number of carbonyl (C=O) groups is 3. The van der Waals surface area contributed by atoms with Crippen molar-refractivity contribution < 1.29 is 73.1 Å². The van der Waals surface area contributed by atoms with Crippen LogP contribution in [0, 0.1) is 42.3 Å². The molecule has 0 spiro atoms. The number of aliphatic hydroxyl groups is 3. The standard InChI is InChI=1S/C64H79FN6O15/c1-31-13-12-14-32(2)62(81)67-49-42(28-66-70-24-22-69(23-25-70)64(19-20-64)39-17-21-68(29-39)51-44(65)27-41-50(60(51)83-11)71(40-15-16-40)30-43(37(7)72)55(41)77)56(78)46-47(57(49)79)54(76)36(6)59-48(46)61(80)63(9,86-59)84-26-18-45(82-10)33(3)58(85-38(8)73)35(5)53(75)34(4)52(31)74/h12-14,18,26-28,30-31,33-35,39-40,45,52-53,58,72,74-76,78-79H,7,15-17,19-25,29H2,1-6,8-11H3,(H,67,81)/b13-12+,26-18+,32-14-,66-28+/t31-,33+,34+,35+,39?,45-,52-,53+,58+,63-/m0/s1. The number of benzene rings is 3. The maximum atomic E-state index is 16.5. The molecule has 7 N–H and O–H groups in total. The van der Waals surface area contributed by atoms with Crippen molar-refractivity contribution in [2.24, 2.45) is 34.7 Å². The zero-order valence-corrected chi connectivity index (χ0v) is 50.3. The monoisotopic (exact) mass is 1190 g/mol. The molecule has 462 valence electrons. The van der Waals surface area contributed by atoms with E-state index in [1.165, 1.54) is 72.6 Å². The molecule has 1 aromatic heterocycles. The number of piperazine rings is 1. The van der Waals surface area contributed by atoms with Gasteiger partial charge in [-0.15, -0.1) is 0 Å². The maximum Gasteiger partial charge on any atom is 0.312 e. The number of esters is 1. The van der Waals surface area contributed by atoms with Gasteiger partial charge in [0.05, 0.1) is 76.6 Å². The van der Waals surface area contributed by atoms with Gasteiger partial charge in [0.2, 0.25) is 5.43 Å². The Morgan fingerprint density at radius 2 is 1.62 bits per heavy atom. The van der Waals surface area contributed by atoms with E-state index in [1.54, 1.807) is 51.1 Å². The third-order valence-corrected chi connectivity index (χ3v) is 18.9. The third-order valence-electron chi connectivity index (χ3n) is 18.9. The Bertz CT molecular complexity index is 3600. The van der Waals surface area contributed by atoms with Crippen LogP contribution in [0.3, 0.4) is 0 Å².